The van der Waals surface area contributed by atoms with E-state index < -0.39 is 17.5 Å². The maximum atomic E-state index is 14.0. The summed E-state index contributed by atoms with van der Waals surface area (Å²) in [5.74, 6) is -1.22. The van der Waals surface area contributed by atoms with Crippen molar-refractivity contribution in [3.8, 4) is 11.3 Å². The average molecular weight is 461 g/mol. The van der Waals surface area contributed by atoms with Gasteiger partial charge in [0.25, 0.3) is 0 Å². The van der Waals surface area contributed by atoms with Crippen molar-refractivity contribution in [3.05, 3.63) is 41.7 Å². The Morgan fingerprint density at radius 3 is 2.42 bits per heavy atom. The van der Waals surface area contributed by atoms with E-state index >= 15 is 0 Å². The second kappa shape index (κ2) is 9.22. The number of aromatic nitrogens is 2. The Kier molecular flexibility index (Phi) is 6.31. The number of rotatable bonds is 6. The van der Waals surface area contributed by atoms with Gasteiger partial charge < -0.3 is 15.0 Å². The van der Waals surface area contributed by atoms with Crippen LogP contribution in [0.3, 0.4) is 0 Å². The summed E-state index contributed by atoms with van der Waals surface area (Å²) in [5.41, 5.74) is 0.292. The molecule has 3 heterocycles. The number of benzene rings is 1. The van der Waals surface area contributed by atoms with Crippen molar-refractivity contribution in [1.29, 1.82) is 0 Å². The van der Waals surface area contributed by atoms with E-state index in [9.17, 15) is 13.2 Å². The number of anilines is 1. The summed E-state index contributed by atoms with van der Waals surface area (Å²) >= 11 is 0. The van der Waals surface area contributed by atoms with Crippen LogP contribution >= 0.6 is 0 Å². The molecular formula is C25H31F3N4O. The van der Waals surface area contributed by atoms with Crippen LogP contribution in [-0.2, 0) is 4.74 Å². The molecule has 5 nitrogen and oxygen atoms in total. The number of hydrogen-bond acceptors (Lipinski definition) is 5. The molecule has 1 aromatic carbocycles. The predicted molar refractivity (Wildman–Crippen MR) is 120 cm³/mol. The van der Waals surface area contributed by atoms with Gasteiger partial charge >= 0.3 is 0 Å². The highest BCUT2D eigenvalue weighted by Gasteiger charge is 2.43. The third kappa shape index (κ3) is 4.73. The van der Waals surface area contributed by atoms with E-state index in [2.05, 4.69) is 27.3 Å². The maximum Gasteiger partial charge on any atom is 0.168 e. The van der Waals surface area contributed by atoms with Gasteiger partial charge in [-0.1, -0.05) is 6.92 Å². The van der Waals surface area contributed by atoms with Crippen molar-refractivity contribution >= 4 is 5.82 Å². The molecule has 2 aromatic rings. The third-order valence-corrected chi connectivity index (χ3v) is 7.97. The fourth-order valence-corrected chi connectivity index (χ4v) is 6.05. The molecule has 3 atom stereocenters. The van der Waals surface area contributed by atoms with Gasteiger partial charge in [-0.05, 0) is 67.6 Å². The zero-order chi connectivity index (χ0) is 23.0. The molecule has 1 N–H and O–H groups in total. The first kappa shape index (κ1) is 22.6. The summed E-state index contributed by atoms with van der Waals surface area (Å²) in [7, 11) is 0. The molecule has 0 radical (unpaired) electrons. The lowest BCUT2D eigenvalue weighted by Gasteiger charge is -2.39. The van der Waals surface area contributed by atoms with E-state index in [1.807, 2.05) is 0 Å². The first-order valence-corrected chi connectivity index (χ1v) is 12.0. The highest BCUT2D eigenvalue weighted by molar-refractivity contribution is 5.60. The van der Waals surface area contributed by atoms with E-state index in [0.29, 0.717) is 35.2 Å². The first-order valence-electron chi connectivity index (χ1n) is 12.0. The number of nitrogens with zero attached hydrogens (tertiary/aromatic N) is 3. The van der Waals surface area contributed by atoms with Crippen LogP contribution in [0.1, 0.15) is 39.0 Å². The van der Waals surface area contributed by atoms with Crippen LogP contribution in [0.15, 0.2) is 24.3 Å². The minimum Gasteiger partial charge on any atom is -0.381 e. The topological polar surface area (TPSA) is 50.3 Å². The summed E-state index contributed by atoms with van der Waals surface area (Å²) in [4.78, 5) is 2.67. The summed E-state index contributed by atoms with van der Waals surface area (Å²) in [6.45, 7) is 7.58. The van der Waals surface area contributed by atoms with Crippen molar-refractivity contribution < 1.29 is 17.9 Å². The molecule has 0 amide bonds. The van der Waals surface area contributed by atoms with E-state index in [1.54, 1.807) is 12.1 Å². The molecule has 3 fully saturated rings. The standard InChI is InChI=1S/C25H31F3N4O/c1-2-25(5-7-33-8-6-25)15-32-13-16-9-19(10-17(16)14-32)29-23-4-3-22(30-31-23)20-11-18(26)12-21(27)24(20)28/h3-4,11-12,16-17,19H,2,5-10,13-15H2,1H3,(H,29,31)/t16-,17+,19+. The van der Waals surface area contributed by atoms with E-state index in [0.717, 1.165) is 45.2 Å². The molecule has 33 heavy (non-hydrogen) atoms. The van der Waals surface area contributed by atoms with Crippen LogP contribution < -0.4 is 5.32 Å². The minimum atomic E-state index is -1.23. The summed E-state index contributed by atoms with van der Waals surface area (Å²) in [6.07, 6.45) is 5.74. The summed E-state index contributed by atoms with van der Waals surface area (Å²) < 4.78 is 46.6. The van der Waals surface area contributed by atoms with Crippen LogP contribution in [0, 0.1) is 34.7 Å². The van der Waals surface area contributed by atoms with Gasteiger partial charge in [0.15, 0.2) is 11.6 Å². The minimum absolute atomic E-state index is 0.105. The van der Waals surface area contributed by atoms with Gasteiger partial charge in [-0.3, -0.25) is 0 Å². The van der Waals surface area contributed by atoms with E-state index in [-0.39, 0.29) is 11.3 Å². The number of halogens is 3. The Balaban J connectivity index is 1.16. The van der Waals surface area contributed by atoms with Crippen molar-refractivity contribution in [3.63, 3.8) is 0 Å². The second-order valence-corrected chi connectivity index (χ2v) is 10.0. The van der Waals surface area contributed by atoms with Gasteiger partial charge in [0.1, 0.15) is 11.6 Å². The molecule has 0 unspecified atom stereocenters. The molecule has 0 spiro atoms. The number of ether oxygens (including phenoxy) is 1. The Labute approximate surface area is 192 Å². The molecule has 5 rings (SSSR count). The van der Waals surface area contributed by atoms with Crippen LogP contribution in [0.25, 0.3) is 11.3 Å². The Bertz CT molecular complexity index is 966. The Hall–Kier alpha value is -2.19. The number of likely N-dealkylation sites (tertiary alicyclic amines) is 1. The van der Waals surface area contributed by atoms with Crippen LogP contribution in [0.5, 0.6) is 0 Å². The predicted octanol–water partition coefficient (Wildman–Crippen LogP) is 4.89. The van der Waals surface area contributed by atoms with Gasteiger partial charge in [-0.15, -0.1) is 10.2 Å². The molecule has 1 aromatic heterocycles. The normalized spacial score (nSPS) is 27.0. The molecule has 2 saturated heterocycles. The molecule has 8 heteroatoms. The van der Waals surface area contributed by atoms with Crippen molar-refractivity contribution in [2.75, 3.05) is 38.2 Å². The molecule has 0 bridgehead atoms. The smallest absolute Gasteiger partial charge is 0.168 e. The lowest BCUT2D eigenvalue weighted by atomic mass is 9.77. The van der Waals surface area contributed by atoms with Crippen LogP contribution in [0.2, 0.25) is 0 Å². The monoisotopic (exact) mass is 460 g/mol. The quantitative estimate of drug-likeness (QED) is 0.622. The maximum absolute atomic E-state index is 14.0. The summed E-state index contributed by atoms with van der Waals surface area (Å²) in [5, 5.41) is 11.6. The lowest BCUT2D eigenvalue weighted by Crippen LogP contribution is -2.41. The zero-order valence-electron chi connectivity index (χ0n) is 19.0. The second-order valence-electron chi connectivity index (χ2n) is 10.0. The van der Waals surface area contributed by atoms with E-state index in [4.69, 9.17) is 4.74 Å². The van der Waals surface area contributed by atoms with Crippen molar-refractivity contribution in [2.45, 2.75) is 45.1 Å². The molecule has 1 saturated carbocycles. The summed E-state index contributed by atoms with van der Waals surface area (Å²) in [6, 6.07) is 5.02. The van der Waals surface area contributed by atoms with Gasteiger partial charge in [0.05, 0.1) is 5.69 Å². The fraction of sp³-hybridized carbons (Fsp3) is 0.600. The van der Waals surface area contributed by atoms with Crippen LogP contribution in [-0.4, -0.2) is 54.0 Å². The lowest BCUT2D eigenvalue weighted by molar-refractivity contribution is -0.00455. The molecule has 3 aliphatic rings. The third-order valence-electron chi connectivity index (χ3n) is 7.97. The van der Waals surface area contributed by atoms with E-state index in [1.165, 1.54) is 25.8 Å². The molecule has 1 aliphatic carbocycles. The fourth-order valence-electron chi connectivity index (χ4n) is 6.05. The highest BCUT2D eigenvalue weighted by Crippen LogP contribution is 2.42. The van der Waals surface area contributed by atoms with Crippen molar-refractivity contribution in [2.24, 2.45) is 17.3 Å². The Morgan fingerprint density at radius 2 is 1.79 bits per heavy atom. The number of nitrogens with one attached hydrogen (secondary N) is 1. The average Bonchev–Trinajstić information content (AvgIpc) is 3.35. The SMILES string of the molecule is CCC1(CN2C[C@H]3C[C@H](Nc4ccc(-c5cc(F)cc(F)c5F)nn4)C[C@H]3C2)CCOCC1. The number of hydrogen-bond donors (Lipinski definition) is 1. The zero-order valence-corrected chi connectivity index (χ0v) is 19.0. The molecule has 2 aliphatic heterocycles. The van der Waals surface area contributed by atoms with Gasteiger partial charge in [0.2, 0.25) is 0 Å². The molecule has 178 valence electrons. The largest absolute Gasteiger partial charge is 0.381 e. The van der Waals surface area contributed by atoms with Crippen molar-refractivity contribution in [1.82, 2.24) is 15.1 Å². The Morgan fingerprint density at radius 1 is 1.06 bits per heavy atom. The molecular weight excluding hydrogens is 429 g/mol. The first-order chi connectivity index (χ1) is 15.9. The van der Waals surface area contributed by atoms with Gasteiger partial charge in [0, 0.05) is 50.5 Å². The van der Waals surface area contributed by atoms with Crippen LogP contribution in [0.4, 0.5) is 19.0 Å². The van der Waals surface area contributed by atoms with Gasteiger partial charge in [-0.25, -0.2) is 13.2 Å². The highest BCUT2D eigenvalue weighted by atomic mass is 19.2. The number of fused-ring (bicyclic) bond motifs is 1. The van der Waals surface area contributed by atoms with Gasteiger partial charge in [-0.2, -0.15) is 0 Å².